The molecular weight excluding hydrogens is 392 g/mol. The third-order valence-corrected chi connectivity index (χ3v) is 7.05. The highest BCUT2D eigenvalue weighted by molar-refractivity contribution is 7.18. The fraction of sp³-hybridized carbons (Fsp3) is 0.458. The van der Waals surface area contributed by atoms with Crippen molar-refractivity contribution in [3.63, 3.8) is 0 Å². The number of aromatic nitrogens is 2. The lowest BCUT2D eigenvalue weighted by molar-refractivity contribution is -0.131. The number of anilines is 1. The normalized spacial score (nSPS) is 14.7. The van der Waals surface area contributed by atoms with Crippen LogP contribution in [0.25, 0.3) is 10.2 Å². The molecule has 4 rings (SSSR count). The van der Waals surface area contributed by atoms with E-state index in [-0.39, 0.29) is 11.8 Å². The molecule has 0 atom stereocenters. The number of piperazine rings is 1. The van der Waals surface area contributed by atoms with Crippen LogP contribution in [-0.2, 0) is 11.2 Å². The van der Waals surface area contributed by atoms with Crippen LogP contribution < -0.4 is 4.90 Å². The lowest BCUT2D eigenvalue weighted by Crippen LogP contribution is -2.49. The molecule has 0 unspecified atom stereocenters. The Morgan fingerprint density at radius 3 is 2.43 bits per heavy atom. The number of hydrogen-bond donors (Lipinski definition) is 0. The number of hydrogen-bond acceptors (Lipinski definition) is 5. The van der Waals surface area contributed by atoms with Gasteiger partial charge in [0.05, 0.1) is 5.39 Å². The summed E-state index contributed by atoms with van der Waals surface area (Å²) in [7, 11) is 0. The first-order chi connectivity index (χ1) is 14.4. The maximum absolute atomic E-state index is 12.7. The summed E-state index contributed by atoms with van der Waals surface area (Å²) in [4.78, 5) is 29.2. The highest BCUT2D eigenvalue weighted by atomic mass is 32.1. The minimum absolute atomic E-state index is 0.247. The van der Waals surface area contributed by atoms with Gasteiger partial charge in [0, 0.05) is 43.4 Å². The smallest absolute Gasteiger partial charge is 0.223 e. The number of thiophene rings is 1. The lowest BCUT2D eigenvalue weighted by atomic mass is 10.1. The van der Waals surface area contributed by atoms with Crippen LogP contribution in [0.5, 0.6) is 0 Å². The van der Waals surface area contributed by atoms with Gasteiger partial charge >= 0.3 is 0 Å². The Kier molecular flexibility index (Phi) is 6.04. The molecule has 0 saturated carbocycles. The molecule has 5 nitrogen and oxygen atoms in total. The fourth-order valence-corrected chi connectivity index (χ4v) is 4.98. The summed E-state index contributed by atoms with van der Waals surface area (Å²) in [6.45, 7) is 11.7. The highest BCUT2D eigenvalue weighted by Crippen LogP contribution is 2.36. The first-order valence-corrected chi connectivity index (χ1v) is 11.6. The molecule has 0 bridgehead atoms. The van der Waals surface area contributed by atoms with E-state index < -0.39 is 0 Å². The van der Waals surface area contributed by atoms with Gasteiger partial charge in [0.2, 0.25) is 5.91 Å². The van der Waals surface area contributed by atoms with Crippen LogP contribution in [-0.4, -0.2) is 47.0 Å². The van der Waals surface area contributed by atoms with Crippen LogP contribution in [0.15, 0.2) is 30.3 Å². The molecule has 0 aliphatic carbocycles. The Morgan fingerprint density at radius 1 is 1.07 bits per heavy atom. The summed E-state index contributed by atoms with van der Waals surface area (Å²) in [5.41, 5.74) is 2.50. The third kappa shape index (κ3) is 4.19. The van der Waals surface area contributed by atoms with E-state index in [1.54, 1.807) is 11.3 Å². The number of rotatable bonds is 5. The first-order valence-electron chi connectivity index (χ1n) is 10.8. The van der Waals surface area contributed by atoms with Gasteiger partial charge in [-0.3, -0.25) is 4.79 Å². The second-order valence-electron chi connectivity index (χ2n) is 8.38. The minimum atomic E-state index is 0.247. The quantitative estimate of drug-likeness (QED) is 0.597. The van der Waals surface area contributed by atoms with Crippen molar-refractivity contribution in [3.05, 3.63) is 52.2 Å². The van der Waals surface area contributed by atoms with Crippen LogP contribution >= 0.6 is 11.3 Å². The van der Waals surface area contributed by atoms with E-state index in [1.807, 2.05) is 23.1 Å². The number of carbonyl (C=O) groups is 1. The maximum Gasteiger partial charge on any atom is 0.223 e. The zero-order chi connectivity index (χ0) is 21.3. The van der Waals surface area contributed by atoms with E-state index in [4.69, 9.17) is 9.97 Å². The predicted octanol–water partition coefficient (Wildman–Crippen LogP) is 4.71. The molecule has 0 N–H and O–H groups in total. The third-order valence-electron chi connectivity index (χ3n) is 5.95. The Hall–Kier alpha value is -2.47. The summed E-state index contributed by atoms with van der Waals surface area (Å²) >= 11 is 1.76. The van der Waals surface area contributed by atoms with E-state index in [1.165, 1.54) is 21.4 Å². The van der Waals surface area contributed by atoms with Crippen LogP contribution in [0.4, 0.5) is 5.82 Å². The average Bonchev–Trinajstić information content (AvgIpc) is 3.05. The number of nitrogens with zero attached hydrogens (tertiary/aromatic N) is 4. The Labute approximate surface area is 182 Å². The van der Waals surface area contributed by atoms with Gasteiger partial charge in [0.25, 0.3) is 0 Å². The highest BCUT2D eigenvalue weighted by Gasteiger charge is 2.25. The minimum Gasteiger partial charge on any atom is -0.352 e. The molecule has 1 aliphatic heterocycles. The van der Waals surface area contributed by atoms with Crippen molar-refractivity contribution in [2.45, 2.75) is 46.5 Å². The molecule has 1 fully saturated rings. The molecular formula is C24H30N4OS. The molecule has 1 aliphatic rings. The van der Waals surface area contributed by atoms with Gasteiger partial charge in [-0.05, 0) is 31.4 Å². The van der Waals surface area contributed by atoms with Crippen molar-refractivity contribution in [2.24, 2.45) is 0 Å². The summed E-state index contributed by atoms with van der Waals surface area (Å²) in [6, 6.07) is 10.2. The van der Waals surface area contributed by atoms with Crippen LogP contribution in [0.2, 0.25) is 0 Å². The number of benzene rings is 1. The molecule has 3 aromatic rings. The van der Waals surface area contributed by atoms with Gasteiger partial charge in [0.15, 0.2) is 0 Å². The summed E-state index contributed by atoms with van der Waals surface area (Å²) in [5.74, 6) is 2.48. The molecule has 2 aromatic heterocycles. The number of fused-ring (bicyclic) bond motifs is 1. The van der Waals surface area contributed by atoms with Gasteiger partial charge in [0.1, 0.15) is 16.5 Å². The van der Waals surface area contributed by atoms with Crippen molar-refractivity contribution in [1.82, 2.24) is 14.9 Å². The van der Waals surface area contributed by atoms with Gasteiger partial charge in [-0.15, -0.1) is 11.3 Å². The van der Waals surface area contributed by atoms with E-state index in [0.29, 0.717) is 6.42 Å². The zero-order valence-corrected chi connectivity index (χ0v) is 19.1. The van der Waals surface area contributed by atoms with Gasteiger partial charge < -0.3 is 9.80 Å². The molecule has 0 spiro atoms. The zero-order valence-electron chi connectivity index (χ0n) is 18.3. The van der Waals surface area contributed by atoms with Crippen LogP contribution in [0.3, 0.4) is 0 Å². The number of carbonyl (C=O) groups excluding carboxylic acids is 1. The molecule has 0 radical (unpaired) electrons. The van der Waals surface area contributed by atoms with E-state index in [2.05, 4.69) is 44.7 Å². The van der Waals surface area contributed by atoms with Crippen molar-refractivity contribution in [2.75, 3.05) is 31.1 Å². The topological polar surface area (TPSA) is 49.3 Å². The molecule has 1 saturated heterocycles. The standard InChI is InChI=1S/C24H30N4OS/c1-16(2)22-25-23(21-17(3)18(4)30-24(21)26-22)28-14-12-27(13-15-28)20(29)11-10-19-8-6-5-7-9-19/h5-9,16H,10-15H2,1-4H3. The van der Waals surface area contributed by atoms with Crippen LogP contribution in [0.1, 0.15) is 48.0 Å². The largest absolute Gasteiger partial charge is 0.352 e. The van der Waals surface area contributed by atoms with Crippen LogP contribution in [0, 0.1) is 13.8 Å². The maximum atomic E-state index is 12.7. The summed E-state index contributed by atoms with van der Waals surface area (Å²) in [6.07, 6.45) is 1.37. The van der Waals surface area contributed by atoms with Gasteiger partial charge in [-0.2, -0.15) is 0 Å². The molecule has 6 heteroatoms. The first kappa shape index (κ1) is 20.8. The van der Waals surface area contributed by atoms with Crippen molar-refractivity contribution in [1.29, 1.82) is 0 Å². The Bertz CT molecular complexity index is 1040. The van der Waals surface area contributed by atoms with Gasteiger partial charge in [-0.25, -0.2) is 9.97 Å². The monoisotopic (exact) mass is 422 g/mol. The van der Waals surface area contributed by atoms with E-state index in [9.17, 15) is 4.79 Å². The molecule has 3 heterocycles. The second-order valence-corrected chi connectivity index (χ2v) is 9.58. The SMILES string of the molecule is Cc1sc2nc(C(C)C)nc(N3CCN(C(=O)CCc4ccccc4)CC3)c2c1C. The summed E-state index contributed by atoms with van der Waals surface area (Å²) in [5, 5.41) is 1.19. The molecule has 1 amide bonds. The number of aryl methyl sites for hydroxylation is 3. The van der Waals surface area contributed by atoms with Crippen molar-refractivity contribution >= 4 is 33.3 Å². The average molecular weight is 423 g/mol. The Morgan fingerprint density at radius 2 is 1.77 bits per heavy atom. The molecule has 158 valence electrons. The second kappa shape index (κ2) is 8.72. The van der Waals surface area contributed by atoms with Crippen molar-refractivity contribution < 1.29 is 4.79 Å². The fourth-order valence-electron chi connectivity index (χ4n) is 3.95. The lowest BCUT2D eigenvalue weighted by Gasteiger charge is -2.36. The predicted molar refractivity (Wildman–Crippen MR) is 125 cm³/mol. The van der Waals surface area contributed by atoms with E-state index in [0.717, 1.165) is 49.1 Å². The number of amides is 1. The molecule has 1 aromatic carbocycles. The van der Waals surface area contributed by atoms with Crippen molar-refractivity contribution in [3.8, 4) is 0 Å². The summed E-state index contributed by atoms with van der Waals surface area (Å²) < 4.78 is 0. The molecule has 30 heavy (non-hydrogen) atoms. The Balaban J connectivity index is 1.47. The van der Waals surface area contributed by atoms with E-state index >= 15 is 0 Å². The van der Waals surface area contributed by atoms with Gasteiger partial charge in [-0.1, -0.05) is 44.2 Å².